The molecule has 2 unspecified atom stereocenters. The summed E-state index contributed by atoms with van der Waals surface area (Å²) < 4.78 is 39.9. The predicted molar refractivity (Wildman–Crippen MR) is 115 cm³/mol. The second-order valence-corrected chi connectivity index (χ2v) is 8.55. The van der Waals surface area contributed by atoms with Crippen molar-refractivity contribution in [2.45, 2.75) is 18.3 Å². The van der Waals surface area contributed by atoms with Crippen LogP contribution in [-0.4, -0.2) is 93.3 Å². The molecule has 1 amide bonds. The third-order valence-electron chi connectivity index (χ3n) is 5.98. The van der Waals surface area contributed by atoms with E-state index in [2.05, 4.69) is 9.97 Å². The van der Waals surface area contributed by atoms with Crippen LogP contribution in [0.15, 0.2) is 30.5 Å². The SMILES string of the molecule is O=C(O)c1cnc(N2CC(O)C(N3CCN(C(=O)c4ccc(Cl)cc4)CC3)C2)nc1C(F)(F)F. The number of hydrogen-bond donors (Lipinski definition) is 2. The van der Waals surface area contributed by atoms with Crippen LogP contribution in [0.3, 0.4) is 0 Å². The van der Waals surface area contributed by atoms with Crippen LogP contribution >= 0.6 is 11.6 Å². The lowest BCUT2D eigenvalue weighted by Gasteiger charge is -2.38. The van der Waals surface area contributed by atoms with E-state index in [0.717, 1.165) is 0 Å². The molecule has 2 aliphatic heterocycles. The van der Waals surface area contributed by atoms with Crippen molar-refractivity contribution in [3.8, 4) is 0 Å². The van der Waals surface area contributed by atoms with Gasteiger partial charge < -0.3 is 20.0 Å². The molecule has 1 aromatic carbocycles. The van der Waals surface area contributed by atoms with Gasteiger partial charge in [0.05, 0.1) is 12.1 Å². The minimum Gasteiger partial charge on any atom is -0.478 e. The van der Waals surface area contributed by atoms with E-state index in [-0.39, 0.29) is 24.9 Å². The molecule has 0 aliphatic carbocycles. The monoisotopic (exact) mass is 499 g/mol. The molecule has 0 spiro atoms. The lowest BCUT2D eigenvalue weighted by molar-refractivity contribution is -0.141. The quantitative estimate of drug-likeness (QED) is 0.656. The van der Waals surface area contributed by atoms with Crippen molar-refractivity contribution < 1.29 is 33.0 Å². The first-order chi connectivity index (χ1) is 16.0. The van der Waals surface area contributed by atoms with E-state index in [1.54, 1.807) is 29.2 Å². The number of piperazine rings is 1. The Morgan fingerprint density at radius 3 is 2.29 bits per heavy atom. The number of nitrogens with zero attached hydrogens (tertiary/aromatic N) is 5. The molecule has 3 heterocycles. The average molecular weight is 500 g/mol. The Morgan fingerprint density at radius 2 is 1.71 bits per heavy atom. The van der Waals surface area contributed by atoms with E-state index in [1.165, 1.54) is 4.90 Å². The first-order valence-electron chi connectivity index (χ1n) is 10.4. The Morgan fingerprint density at radius 1 is 1.06 bits per heavy atom. The van der Waals surface area contributed by atoms with Crippen molar-refractivity contribution in [1.29, 1.82) is 0 Å². The molecule has 2 aromatic rings. The maximum atomic E-state index is 13.3. The van der Waals surface area contributed by atoms with Gasteiger partial charge >= 0.3 is 12.1 Å². The Labute approximate surface area is 197 Å². The van der Waals surface area contributed by atoms with E-state index in [1.807, 2.05) is 4.90 Å². The van der Waals surface area contributed by atoms with Gasteiger partial charge in [0.15, 0.2) is 5.69 Å². The third kappa shape index (κ3) is 4.93. The molecule has 2 aliphatic rings. The molecule has 2 atom stereocenters. The molecule has 0 bridgehead atoms. The number of aromatic nitrogens is 2. The average Bonchev–Trinajstić information content (AvgIpc) is 3.19. The highest BCUT2D eigenvalue weighted by molar-refractivity contribution is 6.30. The van der Waals surface area contributed by atoms with E-state index in [9.17, 15) is 27.9 Å². The van der Waals surface area contributed by atoms with E-state index in [0.29, 0.717) is 43.0 Å². The standard InChI is InChI=1S/C21H21ClF3N5O4/c22-13-3-1-12(2-4-13)18(32)29-7-5-28(6-8-29)15-10-30(11-16(15)31)20-26-9-14(19(33)34)17(27-20)21(23,24)25/h1-4,9,15-16,31H,5-8,10-11H2,(H,33,34). The number of amides is 1. The van der Waals surface area contributed by atoms with Gasteiger partial charge in [-0.15, -0.1) is 0 Å². The molecular formula is C21H21ClF3N5O4. The Balaban J connectivity index is 1.42. The summed E-state index contributed by atoms with van der Waals surface area (Å²) in [5.41, 5.74) is -2.04. The van der Waals surface area contributed by atoms with Crippen LogP contribution in [0.5, 0.6) is 0 Å². The highest BCUT2D eigenvalue weighted by Gasteiger charge is 2.41. The molecule has 2 N–H and O–H groups in total. The molecule has 4 rings (SSSR count). The number of hydrogen-bond acceptors (Lipinski definition) is 7. The van der Waals surface area contributed by atoms with Gasteiger partial charge in [-0.05, 0) is 24.3 Å². The number of benzene rings is 1. The second-order valence-electron chi connectivity index (χ2n) is 8.11. The Kier molecular flexibility index (Phi) is 6.65. The molecule has 13 heteroatoms. The van der Waals surface area contributed by atoms with Crippen LogP contribution < -0.4 is 4.90 Å². The molecule has 2 saturated heterocycles. The van der Waals surface area contributed by atoms with Crippen molar-refractivity contribution >= 4 is 29.4 Å². The smallest absolute Gasteiger partial charge is 0.434 e. The summed E-state index contributed by atoms with van der Waals surface area (Å²) in [6.07, 6.45) is -5.21. The number of aromatic carboxylic acids is 1. The predicted octanol–water partition coefficient (Wildman–Crippen LogP) is 1.85. The van der Waals surface area contributed by atoms with Gasteiger partial charge in [0.2, 0.25) is 5.95 Å². The molecule has 182 valence electrons. The van der Waals surface area contributed by atoms with Crippen LogP contribution in [0.2, 0.25) is 5.02 Å². The highest BCUT2D eigenvalue weighted by Crippen LogP contribution is 2.32. The number of carbonyl (C=O) groups is 2. The minimum atomic E-state index is -4.96. The van der Waals surface area contributed by atoms with Gasteiger partial charge in [0.25, 0.3) is 5.91 Å². The molecule has 1 aromatic heterocycles. The number of aliphatic hydroxyl groups excluding tert-OH is 1. The van der Waals surface area contributed by atoms with Gasteiger partial charge in [0.1, 0.15) is 5.56 Å². The number of anilines is 1. The van der Waals surface area contributed by atoms with Crippen molar-refractivity contribution in [1.82, 2.24) is 19.8 Å². The van der Waals surface area contributed by atoms with Gasteiger partial charge in [-0.1, -0.05) is 11.6 Å². The first-order valence-corrected chi connectivity index (χ1v) is 10.8. The minimum absolute atomic E-state index is 0.00169. The normalized spacial score (nSPS) is 21.7. The fraction of sp³-hybridized carbons (Fsp3) is 0.429. The number of rotatable bonds is 4. The van der Waals surface area contributed by atoms with Crippen LogP contribution in [0.25, 0.3) is 0 Å². The number of alkyl halides is 3. The number of carboxylic acid groups (broad SMARTS) is 1. The van der Waals surface area contributed by atoms with Crippen molar-refractivity contribution in [3.63, 3.8) is 0 Å². The largest absolute Gasteiger partial charge is 0.478 e. The second kappa shape index (κ2) is 9.35. The van der Waals surface area contributed by atoms with Gasteiger partial charge in [-0.3, -0.25) is 9.69 Å². The highest BCUT2D eigenvalue weighted by atomic mass is 35.5. The topological polar surface area (TPSA) is 110 Å². The number of carboxylic acids is 1. The number of β-amino-alcohol motifs (C(OH)–C–C–N with tert-alkyl or cyclic N) is 1. The molecule has 2 fully saturated rings. The van der Waals surface area contributed by atoms with Crippen LogP contribution in [0.4, 0.5) is 19.1 Å². The van der Waals surface area contributed by atoms with Gasteiger partial charge in [0, 0.05) is 56.1 Å². The van der Waals surface area contributed by atoms with Crippen molar-refractivity contribution in [3.05, 3.63) is 52.3 Å². The van der Waals surface area contributed by atoms with Crippen LogP contribution in [0.1, 0.15) is 26.4 Å². The summed E-state index contributed by atoms with van der Waals surface area (Å²) in [6, 6.07) is 6.19. The van der Waals surface area contributed by atoms with Crippen LogP contribution in [0, 0.1) is 0 Å². The summed E-state index contributed by atoms with van der Waals surface area (Å²) in [5, 5.41) is 20.1. The Bertz CT molecular complexity index is 1080. The zero-order valence-electron chi connectivity index (χ0n) is 17.7. The lowest BCUT2D eigenvalue weighted by atomic mass is 10.1. The number of aliphatic hydroxyl groups is 1. The van der Waals surface area contributed by atoms with E-state index >= 15 is 0 Å². The summed E-state index contributed by atoms with van der Waals surface area (Å²) in [6.45, 7) is 1.96. The fourth-order valence-corrected chi connectivity index (χ4v) is 4.35. The zero-order valence-corrected chi connectivity index (χ0v) is 18.5. The van der Waals surface area contributed by atoms with E-state index in [4.69, 9.17) is 16.7 Å². The first kappa shape index (κ1) is 24.2. The lowest BCUT2D eigenvalue weighted by Crippen LogP contribution is -2.54. The molecular weight excluding hydrogens is 479 g/mol. The summed E-state index contributed by atoms with van der Waals surface area (Å²) in [5.74, 6) is -2.20. The maximum Gasteiger partial charge on any atom is 0.434 e. The maximum absolute atomic E-state index is 13.3. The van der Waals surface area contributed by atoms with Crippen molar-refractivity contribution in [2.75, 3.05) is 44.2 Å². The summed E-state index contributed by atoms with van der Waals surface area (Å²) in [4.78, 5) is 36.1. The molecule has 0 saturated carbocycles. The fourth-order valence-electron chi connectivity index (χ4n) is 4.22. The van der Waals surface area contributed by atoms with Crippen LogP contribution in [-0.2, 0) is 6.18 Å². The summed E-state index contributed by atoms with van der Waals surface area (Å²) in [7, 11) is 0. The van der Waals surface area contributed by atoms with Crippen molar-refractivity contribution in [2.24, 2.45) is 0 Å². The molecule has 9 nitrogen and oxygen atoms in total. The third-order valence-corrected chi connectivity index (χ3v) is 6.23. The number of carbonyl (C=O) groups excluding carboxylic acids is 1. The zero-order chi connectivity index (χ0) is 24.6. The Hall–Kier alpha value is -2.96. The molecule has 0 radical (unpaired) electrons. The number of halogens is 4. The molecule has 34 heavy (non-hydrogen) atoms. The summed E-state index contributed by atoms with van der Waals surface area (Å²) >= 11 is 5.87. The van der Waals surface area contributed by atoms with Gasteiger partial charge in [-0.25, -0.2) is 14.8 Å². The van der Waals surface area contributed by atoms with E-state index < -0.39 is 35.5 Å². The van der Waals surface area contributed by atoms with Gasteiger partial charge in [-0.2, -0.15) is 13.2 Å².